The fraction of sp³-hybridized carbons (Fsp3) is 0.269. The Balaban J connectivity index is 1.46. The minimum atomic E-state index is -3.90. The van der Waals surface area contributed by atoms with Crippen molar-refractivity contribution in [2.45, 2.75) is 23.9 Å². The summed E-state index contributed by atoms with van der Waals surface area (Å²) in [5, 5.41) is 0.448. The summed E-state index contributed by atoms with van der Waals surface area (Å²) in [5.41, 5.74) is 2.13. The van der Waals surface area contributed by atoms with Crippen LogP contribution in [0, 0.1) is 0 Å². The van der Waals surface area contributed by atoms with Crippen LogP contribution < -0.4 is 4.72 Å². The van der Waals surface area contributed by atoms with Crippen LogP contribution in [-0.4, -0.2) is 56.3 Å². The van der Waals surface area contributed by atoms with Gasteiger partial charge in [-0.3, -0.25) is 9.69 Å². The summed E-state index contributed by atoms with van der Waals surface area (Å²) in [6.45, 7) is 3.42. The molecule has 0 radical (unpaired) electrons. The quantitative estimate of drug-likeness (QED) is 0.516. The molecule has 0 saturated carbocycles. The first-order chi connectivity index (χ1) is 16.4. The first kappa shape index (κ1) is 24.4. The van der Waals surface area contributed by atoms with Gasteiger partial charge in [-0.05, 0) is 41.8 Å². The lowest BCUT2D eigenvalue weighted by Gasteiger charge is -2.36. The number of halogens is 1. The molecule has 1 atom stereocenters. The molecule has 1 fully saturated rings. The van der Waals surface area contributed by atoms with Crippen LogP contribution in [0.25, 0.3) is 0 Å². The highest BCUT2D eigenvalue weighted by Crippen LogP contribution is 2.17. The van der Waals surface area contributed by atoms with E-state index < -0.39 is 16.1 Å². The Morgan fingerprint density at radius 3 is 1.97 bits per heavy atom. The van der Waals surface area contributed by atoms with E-state index in [1.165, 1.54) is 29.8 Å². The van der Waals surface area contributed by atoms with Gasteiger partial charge in [0.25, 0.3) is 0 Å². The lowest BCUT2D eigenvalue weighted by molar-refractivity contribution is -0.134. The van der Waals surface area contributed by atoms with E-state index >= 15 is 0 Å². The number of benzene rings is 3. The van der Waals surface area contributed by atoms with Crippen LogP contribution in [0.15, 0.2) is 89.8 Å². The SMILES string of the molecule is O=C([C@@H](Cc1ccccc1)NS(=O)(=O)c1ccc(Cl)cc1)N1CCN(Cc2ccccc2)CC1. The standard InChI is InChI=1S/C26H28ClN3O3S/c27-23-11-13-24(14-12-23)34(32,33)28-25(19-21-7-3-1-4-8-21)26(31)30-17-15-29(16-18-30)20-22-9-5-2-6-10-22/h1-14,25,28H,15-20H2/t25-/m1/s1. The van der Waals surface area contributed by atoms with Gasteiger partial charge in [0.2, 0.25) is 15.9 Å². The minimum absolute atomic E-state index is 0.0791. The Morgan fingerprint density at radius 2 is 1.38 bits per heavy atom. The van der Waals surface area contributed by atoms with Crippen LogP contribution in [0.2, 0.25) is 5.02 Å². The van der Waals surface area contributed by atoms with E-state index in [1.807, 2.05) is 48.5 Å². The molecule has 1 heterocycles. The van der Waals surface area contributed by atoms with Gasteiger partial charge in [0.15, 0.2) is 0 Å². The van der Waals surface area contributed by atoms with Crippen LogP contribution in [-0.2, 0) is 27.8 Å². The maximum atomic E-state index is 13.5. The van der Waals surface area contributed by atoms with Gasteiger partial charge >= 0.3 is 0 Å². The molecular weight excluding hydrogens is 470 g/mol. The zero-order valence-corrected chi connectivity index (χ0v) is 20.4. The number of amides is 1. The highest BCUT2D eigenvalue weighted by atomic mass is 35.5. The van der Waals surface area contributed by atoms with Crippen LogP contribution in [0.4, 0.5) is 0 Å². The normalized spacial score (nSPS) is 15.7. The Bertz CT molecular complexity index is 1180. The van der Waals surface area contributed by atoms with Gasteiger partial charge in [0, 0.05) is 37.7 Å². The van der Waals surface area contributed by atoms with Gasteiger partial charge in [-0.15, -0.1) is 0 Å². The maximum absolute atomic E-state index is 13.5. The average molecular weight is 498 g/mol. The van der Waals surface area contributed by atoms with Crippen molar-refractivity contribution in [2.24, 2.45) is 0 Å². The van der Waals surface area contributed by atoms with Crippen molar-refractivity contribution in [2.75, 3.05) is 26.2 Å². The molecule has 1 aliphatic heterocycles. The third-order valence-corrected chi connectivity index (χ3v) is 7.67. The number of nitrogens with zero attached hydrogens (tertiary/aromatic N) is 2. The lowest BCUT2D eigenvalue weighted by Crippen LogP contribution is -2.55. The average Bonchev–Trinajstić information content (AvgIpc) is 2.85. The largest absolute Gasteiger partial charge is 0.339 e. The van der Waals surface area contributed by atoms with Gasteiger partial charge in [-0.1, -0.05) is 72.3 Å². The smallest absolute Gasteiger partial charge is 0.241 e. The van der Waals surface area contributed by atoms with Gasteiger partial charge < -0.3 is 4.90 Å². The van der Waals surface area contributed by atoms with Crippen molar-refractivity contribution < 1.29 is 13.2 Å². The number of hydrogen-bond acceptors (Lipinski definition) is 4. The Hall–Kier alpha value is -2.71. The maximum Gasteiger partial charge on any atom is 0.241 e. The second kappa shape index (κ2) is 11.1. The number of hydrogen-bond donors (Lipinski definition) is 1. The predicted molar refractivity (Wildman–Crippen MR) is 134 cm³/mol. The van der Waals surface area contributed by atoms with E-state index in [9.17, 15) is 13.2 Å². The van der Waals surface area contributed by atoms with E-state index in [1.54, 1.807) is 4.90 Å². The molecule has 0 bridgehead atoms. The van der Waals surface area contributed by atoms with Crippen molar-refractivity contribution in [1.82, 2.24) is 14.5 Å². The molecule has 0 spiro atoms. The van der Waals surface area contributed by atoms with Crippen molar-refractivity contribution in [3.8, 4) is 0 Å². The van der Waals surface area contributed by atoms with Crippen LogP contribution in [0.3, 0.4) is 0 Å². The van der Waals surface area contributed by atoms with Crippen LogP contribution in [0.5, 0.6) is 0 Å². The van der Waals surface area contributed by atoms with E-state index in [2.05, 4.69) is 21.8 Å². The van der Waals surface area contributed by atoms with Crippen molar-refractivity contribution in [1.29, 1.82) is 0 Å². The zero-order valence-electron chi connectivity index (χ0n) is 18.8. The van der Waals surface area contributed by atoms with Crippen LogP contribution in [0.1, 0.15) is 11.1 Å². The highest BCUT2D eigenvalue weighted by Gasteiger charge is 2.31. The molecule has 8 heteroatoms. The zero-order chi connectivity index (χ0) is 24.0. The molecule has 3 aromatic carbocycles. The number of carbonyl (C=O) groups excluding carboxylic acids is 1. The van der Waals surface area contributed by atoms with E-state index in [0.29, 0.717) is 18.1 Å². The number of carbonyl (C=O) groups is 1. The van der Waals surface area contributed by atoms with Gasteiger partial charge in [0.05, 0.1) is 4.90 Å². The summed E-state index contributed by atoms with van der Waals surface area (Å²) in [6.07, 6.45) is 0.275. The molecule has 34 heavy (non-hydrogen) atoms. The molecule has 0 aliphatic carbocycles. The Kier molecular flexibility index (Phi) is 8.00. The van der Waals surface area contributed by atoms with Crippen LogP contribution >= 0.6 is 11.6 Å². The summed E-state index contributed by atoms with van der Waals surface area (Å²) < 4.78 is 28.8. The molecule has 1 N–H and O–H groups in total. The number of sulfonamides is 1. The molecule has 1 aliphatic rings. The summed E-state index contributed by atoms with van der Waals surface area (Å²) in [5.74, 6) is -0.208. The van der Waals surface area contributed by atoms with Gasteiger partial charge in [0.1, 0.15) is 6.04 Å². The molecule has 0 aromatic heterocycles. The molecule has 3 aromatic rings. The molecule has 0 unspecified atom stereocenters. The highest BCUT2D eigenvalue weighted by molar-refractivity contribution is 7.89. The van der Waals surface area contributed by atoms with E-state index in [4.69, 9.17) is 11.6 Å². The number of piperazine rings is 1. The van der Waals surface area contributed by atoms with Crippen molar-refractivity contribution >= 4 is 27.5 Å². The molecule has 6 nitrogen and oxygen atoms in total. The van der Waals surface area contributed by atoms with Gasteiger partial charge in [-0.2, -0.15) is 4.72 Å². The topological polar surface area (TPSA) is 69.7 Å². The third-order valence-electron chi connectivity index (χ3n) is 5.94. The molecule has 1 amide bonds. The molecule has 178 valence electrons. The van der Waals surface area contributed by atoms with Gasteiger partial charge in [-0.25, -0.2) is 8.42 Å². The summed E-state index contributed by atoms with van der Waals surface area (Å²) in [6, 6.07) is 24.7. The fourth-order valence-corrected chi connectivity index (χ4v) is 5.40. The first-order valence-electron chi connectivity index (χ1n) is 11.3. The summed E-state index contributed by atoms with van der Waals surface area (Å²) in [4.78, 5) is 17.6. The fourth-order valence-electron chi connectivity index (χ4n) is 4.09. The van der Waals surface area contributed by atoms with E-state index in [0.717, 1.165) is 25.2 Å². The Morgan fingerprint density at radius 1 is 0.824 bits per heavy atom. The predicted octanol–water partition coefficient (Wildman–Crippen LogP) is 3.57. The number of nitrogens with one attached hydrogen (secondary N) is 1. The van der Waals surface area contributed by atoms with Crippen molar-refractivity contribution in [3.05, 3.63) is 101 Å². The first-order valence-corrected chi connectivity index (χ1v) is 13.1. The molecular formula is C26H28ClN3O3S. The second-order valence-electron chi connectivity index (χ2n) is 8.40. The second-order valence-corrected chi connectivity index (χ2v) is 10.6. The Labute approximate surface area is 206 Å². The third kappa shape index (κ3) is 6.45. The summed E-state index contributed by atoms with van der Waals surface area (Å²) in [7, 11) is -3.90. The monoisotopic (exact) mass is 497 g/mol. The van der Waals surface area contributed by atoms with Crippen molar-refractivity contribution in [3.63, 3.8) is 0 Å². The minimum Gasteiger partial charge on any atom is -0.339 e. The lowest BCUT2D eigenvalue weighted by atomic mass is 10.1. The number of rotatable bonds is 8. The molecule has 4 rings (SSSR count). The summed E-state index contributed by atoms with van der Waals surface area (Å²) >= 11 is 5.91. The van der Waals surface area contributed by atoms with E-state index in [-0.39, 0.29) is 17.2 Å². The molecule has 1 saturated heterocycles.